The van der Waals surface area contributed by atoms with E-state index in [0.717, 1.165) is 5.56 Å². The summed E-state index contributed by atoms with van der Waals surface area (Å²) >= 11 is 0. The molecule has 0 amide bonds. The Morgan fingerprint density at radius 1 is 1.39 bits per heavy atom. The van der Waals surface area contributed by atoms with Gasteiger partial charge in [-0.25, -0.2) is 13.1 Å². The van der Waals surface area contributed by atoms with Gasteiger partial charge < -0.3 is 0 Å². The number of hydrogen-bond donors (Lipinski definition) is 1. The van der Waals surface area contributed by atoms with Crippen LogP contribution in [0.1, 0.15) is 17.5 Å². The number of hydrogen-bond acceptors (Lipinski definition) is 3. The molecule has 6 nitrogen and oxygen atoms in total. The summed E-state index contributed by atoms with van der Waals surface area (Å²) in [5.41, 5.74) is 9.70. The highest BCUT2D eigenvalue weighted by Gasteiger charge is 2.15. The van der Waals surface area contributed by atoms with Crippen LogP contribution in [0.2, 0.25) is 0 Å². The lowest BCUT2D eigenvalue weighted by Crippen LogP contribution is -2.26. The fourth-order valence-corrected chi connectivity index (χ4v) is 2.88. The SMILES string of the molecule is Cc1ccc(C)c(S(=O)(=O)NCCCN=[N+]=[N-])c1. The van der Waals surface area contributed by atoms with Crippen LogP contribution in [-0.2, 0) is 10.0 Å². The van der Waals surface area contributed by atoms with Gasteiger partial charge >= 0.3 is 0 Å². The minimum atomic E-state index is -3.49. The topological polar surface area (TPSA) is 94.9 Å². The average molecular weight is 268 g/mol. The van der Waals surface area contributed by atoms with Gasteiger partial charge in [0.05, 0.1) is 4.90 Å². The summed E-state index contributed by atoms with van der Waals surface area (Å²) in [5.74, 6) is 0. The standard InChI is InChI=1S/C11H16N4O2S/c1-9-4-5-10(2)11(8-9)18(16,17)14-7-3-6-13-15-12/h4-5,8,14H,3,6-7H2,1-2H3. The van der Waals surface area contributed by atoms with E-state index in [4.69, 9.17) is 5.53 Å². The molecule has 1 rings (SSSR count). The molecule has 0 spiro atoms. The van der Waals surface area contributed by atoms with Crippen LogP contribution in [0.15, 0.2) is 28.2 Å². The second-order valence-electron chi connectivity index (χ2n) is 3.97. The van der Waals surface area contributed by atoms with Crippen LogP contribution in [0.4, 0.5) is 0 Å². The van der Waals surface area contributed by atoms with Crippen molar-refractivity contribution in [2.24, 2.45) is 5.11 Å². The molecule has 18 heavy (non-hydrogen) atoms. The maximum absolute atomic E-state index is 12.0. The average Bonchev–Trinajstić information content (AvgIpc) is 2.32. The first-order chi connectivity index (χ1) is 8.47. The van der Waals surface area contributed by atoms with Gasteiger partial charge in [0.1, 0.15) is 0 Å². The van der Waals surface area contributed by atoms with Crippen LogP contribution < -0.4 is 4.72 Å². The van der Waals surface area contributed by atoms with Gasteiger partial charge in [0.15, 0.2) is 0 Å². The van der Waals surface area contributed by atoms with Crippen molar-refractivity contribution >= 4 is 10.0 Å². The molecule has 0 saturated carbocycles. The van der Waals surface area contributed by atoms with E-state index in [9.17, 15) is 8.42 Å². The zero-order chi connectivity index (χ0) is 13.6. The molecule has 0 atom stereocenters. The van der Waals surface area contributed by atoms with Gasteiger partial charge in [-0.1, -0.05) is 17.2 Å². The summed E-state index contributed by atoms with van der Waals surface area (Å²) in [6.07, 6.45) is 0.480. The van der Waals surface area contributed by atoms with Crippen molar-refractivity contribution in [1.29, 1.82) is 0 Å². The molecule has 7 heteroatoms. The summed E-state index contributed by atoms with van der Waals surface area (Å²) in [6, 6.07) is 5.30. The summed E-state index contributed by atoms with van der Waals surface area (Å²) in [5, 5.41) is 3.34. The number of nitrogens with zero attached hydrogens (tertiary/aromatic N) is 3. The van der Waals surface area contributed by atoms with E-state index in [1.54, 1.807) is 19.1 Å². The van der Waals surface area contributed by atoms with Crippen LogP contribution in [-0.4, -0.2) is 21.5 Å². The van der Waals surface area contributed by atoms with Crippen molar-refractivity contribution in [1.82, 2.24) is 4.72 Å². The number of sulfonamides is 1. The third kappa shape index (κ3) is 4.03. The summed E-state index contributed by atoms with van der Waals surface area (Å²) in [4.78, 5) is 2.90. The molecule has 0 aromatic heterocycles. The van der Waals surface area contributed by atoms with E-state index >= 15 is 0 Å². The van der Waals surface area contributed by atoms with E-state index in [1.807, 2.05) is 13.0 Å². The number of azide groups is 1. The normalized spacial score (nSPS) is 11.0. The van der Waals surface area contributed by atoms with E-state index < -0.39 is 10.0 Å². The molecule has 0 radical (unpaired) electrons. The Morgan fingerprint density at radius 3 is 2.78 bits per heavy atom. The van der Waals surface area contributed by atoms with Gasteiger partial charge in [-0.2, -0.15) is 0 Å². The second kappa shape index (κ2) is 6.39. The van der Waals surface area contributed by atoms with Gasteiger partial charge in [-0.05, 0) is 43.0 Å². The first-order valence-corrected chi connectivity index (χ1v) is 7.03. The molecule has 0 unspecified atom stereocenters. The smallest absolute Gasteiger partial charge is 0.211 e. The van der Waals surface area contributed by atoms with E-state index in [1.165, 1.54) is 0 Å². The van der Waals surface area contributed by atoms with Gasteiger partial charge in [0.2, 0.25) is 10.0 Å². The van der Waals surface area contributed by atoms with E-state index in [0.29, 0.717) is 16.9 Å². The van der Waals surface area contributed by atoms with Crippen molar-refractivity contribution < 1.29 is 8.42 Å². The molecule has 0 aliphatic heterocycles. The molecule has 0 aliphatic carbocycles. The van der Waals surface area contributed by atoms with Gasteiger partial charge in [0.25, 0.3) is 0 Å². The highest BCUT2D eigenvalue weighted by atomic mass is 32.2. The van der Waals surface area contributed by atoms with E-state index in [-0.39, 0.29) is 13.1 Å². The zero-order valence-electron chi connectivity index (χ0n) is 10.4. The monoisotopic (exact) mass is 268 g/mol. The Balaban J connectivity index is 2.74. The molecule has 0 fully saturated rings. The summed E-state index contributed by atoms with van der Waals surface area (Å²) < 4.78 is 26.5. The summed E-state index contributed by atoms with van der Waals surface area (Å²) in [7, 11) is -3.49. The molecule has 0 saturated heterocycles. The fourth-order valence-electron chi connectivity index (χ4n) is 1.48. The Labute approximate surface area is 107 Å². The minimum absolute atomic E-state index is 0.259. The molecule has 0 bridgehead atoms. The Hall–Kier alpha value is -1.56. The minimum Gasteiger partial charge on any atom is -0.211 e. The number of aryl methyl sites for hydroxylation is 2. The van der Waals surface area contributed by atoms with Crippen LogP contribution in [0.25, 0.3) is 10.4 Å². The molecule has 1 aromatic carbocycles. The lowest BCUT2D eigenvalue weighted by molar-refractivity contribution is 0.579. The lowest BCUT2D eigenvalue weighted by Gasteiger charge is -2.09. The fraction of sp³-hybridized carbons (Fsp3) is 0.455. The van der Waals surface area contributed by atoms with Crippen LogP contribution >= 0.6 is 0 Å². The lowest BCUT2D eigenvalue weighted by atomic mass is 10.2. The first kappa shape index (κ1) is 14.5. The zero-order valence-corrected chi connectivity index (χ0v) is 11.2. The summed E-state index contributed by atoms with van der Waals surface area (Å²) in [6.45, 7) is 4.15. The largest absolute Gasteiger partial charge is 0.240 e. The highest BCUT2D eigenvalue weighted by molar-refractivity contribution is 7.89. The van der Waals surface area contributed by atoms with Gasteiger partial charge in [-0.3, -0.25) is 0 Å². The Kier molecular flexibility index (Phi) is 5.15. The predicted octanol–water partition coefficient (Wildman–Crippen LogP) is 2.28. The first-order valence-electron chi connectivity index (χ1n) is 5.55. The second-order valence-corrected chi connectivity index (χ2v) is 5.71. The van der Waals surface area contributed by atoms with Crippen molar-refractivity contribution in [2.45, 2.75) is 25.2 Å². The highest BCUT2D eigenvalue weighted by Crippen LogP contribution is 2.16. The molecule has 0 aliphatic rings. The Morgan fingerprint density at radius 2 is 2.11 bits per heavy atom. The van der Waals surface area contributed by atoms with Crippen LogP contribution in [0.3, 0.4) is 0 Å². The third-order valence-corrected chi connectivity index (χ3v) is 4.03. The van der Waals surface area contributed by atoms with Crippen molar-refractivity contribution in [3.05, 3.63) is 39.8 Å². The van der Waals surface area contributed by atoms with Crippen LogP contribution in [0.5, 0.6) is 0 Å². The van der Waals surface area contributed by atoms with Crippen molar-refractivity contribution in [3.8, 4) is 0 Å². The molecular weight excluding hydrogens is 252 g/mol. The maximum Gasteiger partial charge on any atom is 0.240 e. The van der Waals surface area contributed by atoms with Crippen molar-refractivity contribution in [3.63, 3.8) is 0 Å². The van der Waals surface area contributed by atoms with Crippen LogP contribution in [0, 0.1) is 13.8 Å². The maximum atomic E-state index is 12.0. The van der Waals surface area contributed by atoms with Gasteiger partial charge in [-0.15, -0.1) is 0 Å². The predicted molar refractivity (Wildman–Crippen MR) is 69.7 cm³/mol. The Bertz CT molecular complexity index is 562. The van der Waals surface area contributed by atoms with Crippen molar-refractivity contribution in [2.75, 3.05) is 13.1 Å². The molecule has 0 heterocycles. The van der Waals surface area contributed by atoms with Gasteiger partial charge in [0, 0.05) is 18.0 Å². The number of rotatable bonds is 6. The molecule has 98 valence electrons. The molecular formula is C11H16N4O2S. The molecule has 1 aromatic rings. The molecule has 1 N–H and O–H groups in total. The quantitative estimate of drug-likeness (QED) is 0.371. The third-order valence-electron chi connectivity index (χ3n) is 2.42. The number of benzene rings is 1. The van der Waals surface area contributed by atoms with E-state index in [2.05, 4.69) is 14.7 Å². The number of nitrogens with one attached hydrogen (secondary N) is 1.